The minimum absolute atomic E-state index is 0.112. The molecular formula is C15H16BrN3O. The Bertz CT molecular complexity index is 686. The molecule has 4 nitrogen and oxygen atoms in total. The average Bonchev–Trinajstić information content (AvgIpc) is 3.04. The third-order valence-corrected chi connectivity index (χ3v) is 3.76. The lowest BCUT2D eigenvalue weighted by atomic mass is 10.2. The van der Waals surface area contributed by atoms with Crippen LogP contribution in [0.1, 0.15) is 37.5 Å². The van der Waals surface area contributed by atoms with Crippen molar-refractivity contribution in [2.24, 2.45) is 0 Å². The summed E-state index contributed by atoms with van der Waals surface area (Å²) >= 11 is 3.32. The molecule has 0 aliphatic rings. The summed E-state index contributed by atoms with van der Waals surface area (Å²) in [6.07, 6.45) is 0. The minimum atomic E-state index is 0.112. The van der Waals surface area contributed by atoms with E-state index < -0.39 is 0 Å². The van der Waals surface area contributed by atoms with Gasteiger partial charge >= 0.3 is 0 Å². The Morgan fingerprint density at radius 1 is 1.15 bits per heavy atom. The van der Waals surface area contributed by atoms with E-state index in [1.165, 1.54) is 0 Å². The van der Waals surface area contributed by atoms with E-state index in [1.54, 1.807) is 0 Å². The SMILES string of the molecule is CC(NC(C)c1ccc(Br)o1)c1nc2ccccc2[nH]1. The smallest absolute Gasteiger partial charge is 0.169 e. The summed E-state index contributed by atoms with van der Waals surface area (Å²) in [5, 5.41) is 3.48. The standard InChI is InChI=1S/C15H16BrN3O/c1-9(13-7-8-14(16)20-13)17-10(2)15-18-11-5-3-4-6-12(11)19-15/h3-10,17H,1-2H3,(H,18,19). The maximum absolute atomic E-state index is 5.56. The number of hydrogen-bond acceptors (Lipinski definition) is 3. The van der Waals surface area contributed by atoms with Gasteiger partial charge in [0.05, 0.1) is 23.1 Å². The van der Waals surface area contributed by atoms with Gasteiger partial charge in [-0.15, -0.1) is 0 Å². The molecule has 0 aliphatic heterocycles. The molecule has 0 amide bonds. The summed E-state index contributed by atoms with van der Waals surface area (Å²) < 4.78 is 6.31. The second-order valence-corrected chi connectivity index (χ2v) is 5.67. The van der Waals surface area contributed by atoms with E-state index in [0.29, 0.717) is 0 Å². The van der Waals surface area contributed by atoms with Crippen molar-refractivity contribution in [3.63, 3.8) is 0 Å². The van der Waals surface area contributed by atoms with E-state index in [9.17, 15) is 0 Å². The van der Waals surface area contributed by atoms with Gasteiger partial charge in [-0.3, -0.25) is 5.32 Å². The molecule has 3 aromatic rings. The first-order valence-electron chi connectivity index (χ1n) is 6.59. The topological polar surface area (TPSA) is 53.9 Å². The number of halogens is 1. The number of nitrogens with one attached hydrogen (secondary N) is 2. The lowest BCUT2D eigenvalue weighted by molar-refractivity contribution is 0.389. The fourth-order valence-electron chi connectivity index (χ4n) is 2.27. The van der Waals surface area contributed by atoms with Crippen molar-refractivity contribution >= 4 is 27.0 Å². The van der Waals surface area contributed by atoms with Crippen LogP contribution < -0.4 is 5.32 Å². The molecule has 20 heavy (non-hydrogen) atoms. The number of aromatic nitrogens is 2. The molecule has 0 radical (unpaired) electrons. The van der Waals surface area contributed by atoms with Gasteiger partial charge in [0, 0.05) is 0 Å². The number of nitrogens with zero attached hydrogens (tertiary/aromatic N) is 1. The van der Waals surface area contributed by atoms with Gasteiger partial charge in [-0.05, 0) is 54.0 Å². The van der Waals surface area contributed by atoms with Gasteiger partial charge < -0.3 is 9.40 Å². The molecule has 0 aliphatic carbocycles. The predicted octanol–water partition coefficient (Wildman–Crippen LogP) is 4.33. The van der Waals surface area contributed by atoms with Crippen molar-refractivity contribution in [2.75, 3.05) is 0 Å². The van der Waals surface area contributed by atoms with E-state index >= 15 is 0 Å². The zero-order valence-corrected chi connectivity index (χ0v) is 12.9. The van der Waals surface area contributed by atoms with Crippen LogP contribution in [-0.2, 0) is 0 Å². The zero-order chi connectivity index (χ0) is 14.1. The molecule has 3 rings (SSSR count). The number of imidazole rings is 1. The Labute approximate surface area is 125 Å². The Morgan fingerprint density at radius 3 is 2.65 bits per heavy atom. The molecule has 0 spiro atoms. The van der Waals surface area contributed by atoms with E-state index in [1.807, 2.05) is 36.4 Å². The lowest BCUT2D eigenvalue weighted by Crippen LogP contribution is -2.23. The van der Waals surface area contributed by atoms with Gasteiger partial charge in [0.1, 0.15) is 11.6 Å². The Balaban J connectivity index is 1.76. The van der Waals surface area contributed by atoms with Crippen molar-refractivity contribution in [3.05, 3.63) is 52.7 Å². The number of benzene rings is 1. The zero-order valence-electron chi connectivity index (χ0n) is 11.4. The number of H-pyrrole nitrogens is 1. The van der Waals surface area contributed by atoms with Crippen LogP contribution >= 0.6 is 15.9 Å². The van der Waals surface area contributed by atoms with Crippen LogP contribution in [0.25, 0.3) is 11.0 Å². The first-order valence-corrected chi connectivity index (χ1v) is 7.38. The van der Waals surface area contributed by atoms with Crippen LogP contribution in [0.5, 0.6) is 0 Å². The van der Waals surface area contributed by atoms with Crippen LogP contribution in [0.3, 0.4) is 0 Å². The molecule has 2 unspecified atom stereocenters. The van der Waals surface area contributed by atoms with E-state index in [0.717, 1.165) is 27.3 Å². The van der Waals surface area contributed by atoms with E-state index in [-0.39, 0.29) is 12.1 Å². The van der Waals surface area contributed by atoms with Crippen molar-refractivity contribution in [2.45, 2.75) is 25.9 Å². The third kappa shape index (κ3) is 2.64. The first-order chi connectivity index (χ1) is 9.63. The lowest BCUT2D eigenvalue weighted by Gasteiger charge is -2.16. The van der Waals surface area contributed by atoms with Crippen molar-refractivity contribution in [3.8, 4) is 0 Å². The highest BCUT2D eigenvalue weighted by molar-refractivity contribution is 9.10. The van der Waals surface area contributed by atoms with Gasteiger partial charge in [0.25, 0.3) is 0 Å². The molecule has 2 atom stereocenters. The number of rotatable bonds is 4. The highest BCUT2D eigenvalue weighted by Gasteiger charge is 2.16. The molecule has 104 valence electrons. The number of furan rings is 1. The molecule has 2 N–H and O–H groups in total. The minimum Gasteiger partial charge on any atom is -0.453 e. The van der Waals surface area contributed by atoms with Gasteiger partial charge in [0.2, 0.25) is 0 Å². The van der Waals surface area contributed by atoms with Crippen LogP contribution in [0.2, 0.25) is 0 Å². The average molecular weight is 334 g/mol. The summed E-state index contributed by atoms with van der Waals surface area (Å²) in [6.45, 7) is 4.16. The van der Waals surface area contributed by atoms with Crippen LogP contribution in [-0.4, -0.2) is 9.97 Å². The van der Waals surface area contributed by atoms with Crippen molar-refractivity contribution in [1.29, 1.82) is 0 Å². The normalized spacial score (nSPS) is 14.6. The maximum atomic E-state index is 5.56. The summed E-state index contributed by atoms with van der Waals surface area (Å²) in [4.78, 5) is 7.95. The van der Waals surface area contributed by atoms with Gasteiger partial charge in [-0.2, -0.15) is 0 Å². The summed E-state index contributed by atoms with van der Waals surface area (Å²) in [7, 11) is 0. The fraction of sp³-hybridized carbons (Fsp3) is 0.267. The Morgan fingerprint density at radius 2 is 1.95 bits per heavy atom. The molecule has 2 aromatic heterocycles. The van der Waals surface area contributed by atoms with Gasteiger partial charge in [-0.1, -0.05) is 12.1 Å². The van der Waals surface area contributed by atoms with Crippen molar-refractivity contribution in [1.82, 2.24) is 15.3 Å². The monoisotopic (exact) mass is 333 g/mol. The molecule has 2 heterocycles. The Kier molecular flexibility index (Phi) is 3.63. The number of aromatic amines is 1. The Hall–Kier alpha value is -1.59. The first kappa shape index (κ1) is 13.4. The largest absolute Gasteiger partial charge is 0.453 e. The van der Waals surface area contributed by atoms with Gasteiger partial charge in [-0.25, -0.2) is 4.98 Å². The summed E-state index contributed by atoms with van der Waals surface area (Å²) in [6, 6.07) is 12.1. The number of para-hydroxylation sites is 2. The summed E-state index contributed by atoms with van der Waals surface area (Å²) in [5.41, 5.74) is 2.05. The third-order valence-electron chi connectivity index (χ3n) is 3.34. The molecule has 0 saturated heterocycles. The second kappa shape index (κ2) is 5.42. The van der Waals surface area contributed by atoms with Crippen LogP contribution in [0, 0.1) is 0 Å². The molecule has 0 bridgehead atoms. The predicted molar refractivity (Wildman–Crippen MR) is 82.5 cm³/mol. The fourth-order valence-corrected chi connectivity index (χ4v) is 2.59. The van der Waals surface area contributed by atoms with Crippen LogP contribution in [0.15, 0.2) is 45.5 Å². The quantitative estimate of drug-likeness (QED) is 0.747. The van der Waals surface area contributed by atoms with Crippen molar-refractivity contribution < 1.29 is 4.42 Å². The highest BCUT2D eigenvalue weighted by atomic mass is 79.9. The number of fused-ring (bicyclic) bond motifs is 1. The molecule has 1 aromatic carbocycles. The second-order valence-electron chi connectivity index (χ2n) is 4.89. The molecule has 0 fully saturated rings. The maximum Gasteiger partial charge on any atom is 0.169 e. The van der Waals surface area contributed by atoms with E-state index in [4.69, 9.17) is 4.42 Å². The van der Waals surface area contributed by atoms with E-state index in [2.05, 4.69) is 45.1 Å². The molecular weight excluding hydrogens is 318 g/mol. The molecule has 5 heteroatoms. The number of hydrogen-bond donors (Lipinski definition) is 2. The summed E-state index contributed by atoms with van der Waals surface area (Å²) in [5.74, 6) is 1.84. The molecule has 0 saturated carbocycles. The van der Waals surface area contributed by atoms with Crippen LogP contribution in [0.4, 0.5) is 0 Å². The van der Waals surface area contributed by atoms with Gasteiger partial charge in [0.15, 0.2) is 4.67 Å². The highest BCUT2D eigenvalue weighted by Crippen LogP contribution is 2.23.